The van der Waals surface area contributed by atoms with Gasteiger partial charge in [0.1, 0.15) is 10.8 Å². The molecule has 1 aromatic heterocycles. The lowest BCUT2D eigenvalue weighted by atomic mass is 10.1. The van der Waals surface area contributed by atoms with Crippen molar-refractivity contribution in [3.05, 3.63) is 51.9 Å². The second-order valence-corrected chi connectivity index (χ2v) is 6.60. The summed E-state index contributed by atoms with van der Waals surface area (Å²) in [5, 5.41) is 3.32. The van der Waals surface area contributed by atoms with Crippen molar-refractivity contribution in [3.63, 3.8) is 0 Å². The second-order valence-electron chi connectivity index (χ2n) is 5.49. The Bertz CT molecular complexity index is 824. The molecule has 3 N–H and O–H groups in total. The Morgan fingerprint density at radius 3 is 2.83 bits per heavy atom. The van der Waals surface area contributed by atoms with E-state index in [1.807, 2.05) is 24.3 Å². The molecule has 1 aliphatic rings. The molecule has 5 nitrogen and oxygen atoms in total. The quantitative estimate of drug-likeness (QED) is 0.820. The number of carbonyl (C=O) groups excluding carboxylic acids is 2. The zero-order chi connectivity index (χ0) is 17.1. The average Bonchev–Trinajstić information content (AvgIpc) is 3.13. The molecule has 0 aliphatic heterocycles. The Hall–Kier alpha value is -2.60. The predicted octanol–water partition coefficient (Wildman–Crippen LogP) is 3.00. The zero-order valence-corrected chi connectivity index (χ0v) is 14.1. The van der Waals surface area contributed by atoms with E-state index in [4.69, 9.17) is 10.5 Å². The number of nitrogens with one attached hydrogen (secondary N) is 1. The fourth-order valence-corrected chi connectivity index (χ4v) is 4.17. The summed E-state index contributed by atoms with van der Waals surface area (Å²) >= 11 is 1.44. The number of carbonyl (C=O) groups is 2. The van der Waals surface area contributed by atoms with Crippen LogP contribution in [0.25, 0.3) is 6.08 Å². The SMILES string of the molecule is COc1ccccc1/C=C\C(=O)Nc1sc2c(c1C(N)=O)CCC2. The van der Waals surface area contributed by atoms with Crippen molar-refractivity contribution >= 4 is 34.2 Å². The molecule has 6 heteroatoms. The number of fused-ring (bicyclic) bond motifs is 1. The number of hydrogen-bond donors (Lipinski definition) is 2. The summed E-state index contributed by atoms with van der Waals surface area (Å²) in [6.45, 7) is 0. The molecule has 0 saturated carbocycles. The fraction of sp³-hybridized carbons (Fsp3) is 0.222. The van der Waals surface area contributed by atoms with Crippen LogP contribution in [-0.4, -0.2) is 18.9 Å². The third kappa shape index (κ3) is 3.19. The average molecular weight is 342 g/mol. The van der Waals surface area contributed by atoms with Crippen molar-refractivity contribution in [2.45, 2.75) is 19.3 Å². The van der Waals surface area contributed by atoms with Crippen molar-refractivity contribution in [1.29, 1.82) is 0 Å². The zero-order valence-electron chi connectivity index (χ0n) is 13.3. The highest BCUT2D eigenvalue weighted by Crippen LogP contribution is 2.38. The Balaban J connectivity index is 1.78. The number of amides is 2. The minimum atomic E-state index is -0.488. The normalized spacial score (nSPS) is 13.0. The molecule has 0 atom stereocenters. The Labute approximate surface area is 144 Å². The van der Waals surface area contributed by atoms with Crippen molar-refractivity contribution < 1.29 is 14.3 Å². The van der Waals surface area contributed by atoms with Gasteiger partial charge < -0.3 is 15.8 Å². The Morgan fingerprint density at radius 2 is 2.08 bits per heavy atom. The second kappa shape index (κ2) is 6.88. The molecule has 0 fully saturated rings. The standard InChI is InChI=1S/C18H18N2O3S/c1-23-13-7-3-2-5-11(13)9-10-15(21)20-18-16(17(19)22)12-6-4-8-14(12)24-18/h2-3,5,7,9-10H,4,6,8H2,1H3,(H2,19,22)(H,20,21)/b10-9-. The van der Waals surface area contributed by atoms with Crippen LogP contribution >= 0.6 is 11.3 Å². The van der Waals surface area contributed by atoms with Crippen molar-refractivity contribution in [2.24, 2.45) is 5.73 Å². The molecule has 0 saturated heterocycles. The van der Waals surface area contributed by atoms with Crippen LogP contribution in [0.3, 0.4) is 0 Å². The van der Waals surface area contributed by atoms with Crippen LogP contribution < -0.4 is 15.8 Å². The highest BCUT2D eigenvalue weighted by Gasteiger charge is 2.25. The van der Waals surface area contributed by atoms with E-state index in [1.165, 1.54) is 17.4 Å². The third-order valence-electron chi connectivity index (χ3n) is 3.96. The molecule has 124 valence electrons. The predicted molar refractivity (Wildman–Crippen MR) is 95.5 cm³/mol. The number of para-hydroxylation sites is 1. The number of thiophene rings is 1. The minimum Gasteiger partial charge on any atom is -0.496 e. The van der Waals surface area contributed by atoms with Gasteiger partial charge in [-0.05, 0) is 37.0 Å². The molecule has 3 rings (SSSR count). The summed E-state index contributed by atoms with van der Waals surface area (Å²) in [5.41, 5.74) is 7.76. The van der Waals surface area contributed by atoms with Gasteiger partial charge in [-0.3, -0.25) is 9.59 Å². The summed E-state index contributed by atoms with van der Waals surface area (Å²) < 4.78 is 5.25. The smallest absolute Gasteiger partial charge is 0.251 e. The molecule has 24 heavy (non-hydrogen) atoms. The number of benzene rings is 1. The van der Waals surface area contributed by atoms with Gasteiger partial charge in [0.05, 0.1) is 12.7 Å². The Morgan fingerprint density at radius 1 is 1.29 bits per heavy atom. The maximum absolute atomic E-state index is 12.2. The number of hydrogen-bond acceptors (Lipinski definition) is 4. The first-order chi connectivity index (χ1) is 11.6. The Kier molecular flexibility index (Phi) is 4.66. The first-order valence-electron chi connectivity index (χ1n) is 7.66. The lowest BCUT2D eigenvalue weighted by Crippen LogP contribution is -2.16. The van der Waals surface area contributed by atoms with Crippen LogP contribution in [-0.2, 0) is 17.6 Å². The van der Waals surface area contributed by atoms with E-state index in [0.29, 0.717) is 16.3 Å². The van der Waals surface area contributed by atoms with Gasteiger partial charge in [0.15, 0.2) is 0 Å². The van der Waals surface area contributed by atoms with E-state index >= 15 is 0 Å². The molecule has 2 aromatic rings. The maximum Gasteiger partial charge on any atom is 0.251 e. The summed E-state index contributed by atoms with van der Waals surface area (Å²) in [6.07, 6.45) is 5.92. The molecule has 0 spiro atoms. The first-order valence-corrected chi connectivity index (χ1v) is 8.48. The highest BCUT2D eigenvalue weighted by atomic mass is 32.1. The molecular formula is C18H18N2O3S. The van der Waals surface area contributed by atoms with Crippen LogP contribution in [0.2, 0.25) is 0 Å². The number of ether oxygens (including phenoxy) is 1. The van der Waals surface area contributed by atoms with E-state index in [0.717, 1.165) is 35.3 Å². The van der Waals surface area contributed by atoms with E-state index in [9.17, 15) is 9.59 Å². The van der Waals surface area contributed by atoms with Crippen molar-refractivity contribution in [3.8, 4) is 5.75 Å². The molecule has 1 heterocycles. The van der Waals surface area contributed by atoms with E-state index in [-0.39, 0.29) is 5.91 Å². The van der Waals surface area contributed by atoms with Gasteiger partial charge >= 0.3 is 0 Å². The van der Waals surface area contributed by atoms with Crippen molar-refractivity contribution in [2.75, 3.05) is 12.4 Å². The first kappa shape index (κ1) is 16.3. The van der Waals surface area contributed by atoms with Gasteiger partial charge in [0.25, 0.3) is 5.91 Å². The topological polar surface area (TPSA) is 81.4 Å². The summed E-state index contributed by atoms with van der Waals surface area (Å²) in [5.74, 6) is -0.101. The molecule has 0 bridgehead atoms. The highest BCUT2D eigenvalue weighted by molar-refractivity contribution is 7.17. The molecule has 0 unspecified atom stereocenters. The fourth-order valence-electron chi connectivity index (χ4n) is 2.88. The van der Waals surface area contributed by atoms with Gasteiger partial charge in [-0.1, -0.05) is 18.2 Å². The molecule has 1 aromatic carbocycles. The van der Waals surface area contributed by atoms with Gasteiger partial charge in [0, 0.05) is 16.5 Å². The lowest BCUT2D eigenvalue weighted by molar-refractivity contribution is -0.111. The minimum absolute atomic E-state index is 0.302. The van der Waals surface area contributed by atoms with Gasteiger partial charge in [-0.2, -0.15) is 0 Å². The molecule has 0 radical (unpaired) electrons. The van der Waals surface area contributed by atoms with Crippen LogP contribution in [0.4, 0.5) is 5.00 Å². The monoisotopic (exact) mass is 342 g/mol. The van der Waals surface area contributed by atoms with E-state index < -0.39 is 5.91 Å². The largest absolute Gasteiger partial charge is 0.496 e. The third-order valence-corrected chi connectivity index (χ3v) is 5.16. The van der Waals surface area contributed by atoms with Crippen LogP contribution in [0.1, 0.15) is 32.8 Å². The number of rotatable bonds is 5. The summed E-state index contributed by atoms with van der Waals surface area (Å²) in [4.78, 5) is 25.1. The molecule has 1 aliphatic carbocycles. The van der Waals surface area contributed by atoms with Crippen LogP contribution in [0.5, 0.6) is 5.75 Å². The van der Waals surface area contributed by atoms with Gasteiger partial charge in [0.2, 0.25) is 5.91 Å². The van der Waals surface area contributed by atoms with E-state index in [2.05, 4.69) is 5.32 Å². The summed E-state index contributed by atoms with van der Waals surface area (Å²) in [7, 11) is 1.58. The number of nitrogens with two attached hydrogens (primary N) is 1. The number of aryl methyl sites for hydroxylation is 1. The lowest BCUT2D eigenvalue weighted by Gasteiger charge is -2.05. The number of primary amides is 1. The molecular weight excluding hydrogens is 324 g/mol. The maximum atomic E-state index is 12.2. The van der Waals surface area contributed by atoms with Crippen LogP contribution in [0.15, 0.2) is 30.3 Å². The molecule has 2 amide bonds. The van der Waals surface area contributed by atoms with E-state index in [1.54, 1.807) is 13.2 Å². The van der Waals surface area contributed by atoms with Crippen molar-refractivity contribution in [1.82, 2.24) is 0 Å². The summed E-state index contributed by atoms with van der Waals surface area (Å²) in [6, 6.07) is 7.42. The number of methoxy groups -OCH3 is 1. The number of anilines is 1. The van der Waals surface area contributed by atoms with Gasteiger partial charge in [-0.15, -0.1) is 11.3 Å². The van der Waals surface area contributed by atoms with Crippen LogP contribution in [0, 0.1) is 0 Å². The van der Waals surface area contributed by atoms with Gasteiger partial charge in [-0.25, -0.2) is 0 Å².